The van der Waals surface area contributed by atoms with E-state index in [4.69, 9.17) is 10.8 Å². The van der Waals surface area contributed by atoms with E-state index >= 15 is 0 Å². The average molecular weight is 291 g/mol. The lowest BCUT2D eigenvalue weighted by atomic mass is 10.1. The smallest absolute Gasteiger partial charge is 0.337 e. The largest absolute Gasteiger partial charge is 0.478 e. The Morgan fingerprint density at radius 1 is 1.60 bits per heavy atom. The van der Waals surface area contributed by atoms with Crippen LogP contribution in [-0.4, -0.2) is 16.1 Å². The number of carboxylic acids is 1. The van der Waals surface area contributed by atoms with Crippen LogP contribution >= 0.6 is 11.3 Å². The number of aromatic nitrogens is 1. The zero-order valence-corrected chi connectivity index (χ0v) is 12.0. The Morgan fingerprint density at radius 3 is 3.00 bits per heavy atom. The molecule has 0 saturated carbocycles. The average Bonchev–Trinajstić information content (AvgIpc) is 2.94. The predicted molar refractivity (Wildman–Crippen MR) is 81.2 cm³/mol. The molecular weight excluding hydrogens is 274 g/mol. The maximum Gasteiger partial charge on any atom is 0.337 e. The van der Waals surface area contributed by atoms with E-state index in [-0.39, 0.29) is 17.3 Å². The minimum atomic E-state index is -1.05. The van der Waals surface area contributed by atoms with E-state index in [2.05, 4.69) is 23.3 Å². The maximum absolute atomic E-state index is 11.1. The fourth-order valence-corrected chi connectivity index (χ4v) is 2.78. The van der Waals surface area contributed by atoms with Crippen LogP contribution in [0.4, 0.5) is 11.5 Å². The van der Waals surface area contributed by atoms with E-state index in [1.54, 1.807) is 11.3 Å². The van der Waals surface area contributed by atoms with Crippen molar-refractivity contribution >= 4 is 28.8 Å². The van der Waals surface area contributed by atoms with E-state index in [9.17, 15) is 4.79 Å². The third kappa shape index (κ3) is 3.27. The number of hydrogen-bond acceptors (Lipinski definition) is 5. The van der Waals surface area contributed by atoms with Crippen molar-refractivity contribution in [2.24, 2.45) is 0 Å². The van der Waals surface area contributed by atoms with Crippen LogP contribution in [0.5, 0.6) is 0 Å². The van der Waals surface area contributed by atoms with Gasteiger partial charge < -0.3 is 16.2 Å². The number of anilines is 2. The molecule has 0 fully saturated rings. The third-order valence-corrected chi connectivity index (χ3v) is 3.94. The van der Waals surface area contributed by atoms with Gasteiger partial charge in [0.15, 0.2) is 0 Å². The van der Waals surface area contributed by atoms with Crippen LogP contribution < -0.4 is 11.1 Å². The fraction of sp³-hybridized carbons (Fsp3) is 0.286. The number of nitrogens with two attached hydrogens (primary N) is 1. The van der Waals surface area contributed by atoms with Crippen molar-refractivity contribution in [3.05, 3.63) is 40.2 Å². The number of carbonyl (C=O) groups is 1. The lowest BCUT2D eigenvalue weighted by Crippen LogP contribution is -2.12. The van der Waals surface area contributed by atoms with E-state index in [1.165, 1.54) is 17.1 Å². The molecule has 1 unspecified atom stereocenters. The molecule has 0 amide bonds. The van der Waals surface area contributed by atoms with Crippen molar-refractivity contribution in [1.29, 1.82) is 0 Å². The summed E-state index contributed by atoms with van der Waals surface area (Å²) in [6.45, 7) is 2.11. The van der Waals surface area contributed by atoms with Gasteiger partial charge in [-0.1, -0.05) is 19.4 Å². The molecule has 0 aliphatic carbocycles. The minimum absolute atomic E-state index is 0.0731. The quantitative estimate of drug-likeness (QED) is 0.759. The molecule has 6 heteroatoms. The molecular formula is C14H17N3O2S. The van der Waals surface area contributed by atoms with Gasteiger partial charge >= 0.3 is 5.97 Å². The lowest BCUT2D eigenvalue weighted by Gasteiger charge is -2.17. The molecule has 0 aliphatic rings. The number of nitrogens with zero attached hydrogens (tertiary/aromatic N) is 1. The Hall–Kier alpha value is -2.08. The van der Waals surface area contributed by atoms with Crippen LogP contribution in [0.25, 0.3) is 0 Å². The molecule has 0 spiro atoms. The van der Waals surface area contributed by atoms with E-state index in [0.717, 1.165) is 12.8 Å². The third-order valence-electron chi connectivity index (χ3n) is 2.95. The molecule has 20 heavy (non-hydrogen) atoms. The van der Waals surface area contributed by atoms with Gasteiger partial charge in [0.05, 0.1) is 23.5 Å². The molecule has 1 atom stereocenters. The molecule has 0 aromatic carbocycles. The van der Waals surface area contributed by atoms with Crippen molar-refractivity contribution < 1.29 is 9.90 Å². The van der Waals surface area contributed by atoms with Crippen molar-refractivity contribution in [2.45, 2.75) is 25.8 Å². The summed E-state index contributed by atoms with van der Waals surface area (Å²) in [6.07, 6.45) is 3.36. The van der Waals surface area contributed by atoms with Crippen LogP contribution in [-0.2, 0) is 0 Å². The number of aromatic carboxylic acids is 1. The van der Waals surface area contributed by atoms with Gasteiger partial charge in [-0.15, -0.1) is 11.3 Å². The van der Waals surface area contributed by atoms with E-state index in [1.807, 2.05) is 11.4 Å². The Morgan fingerprint density at radius 2 is 2.40 bits per heavy atom. The molecule has 5 nitrogen and oxygen atoms in total. The van der Waals surface area contributed by atoms with E-state index in [0.29, 0.717) is 5.82 Å². The second kappa shape index (κ2) is 6.38. The summed E-state index contributed by atoms with van der Waals surface area (Å²) in [5, 5.41) is 14.4. The van der Waals surface area contributed by atoms with Gasteiger partial charge in [-0.2, -0.15) is 0 Å². The van der Waals surface area contributed by atoms with Gasteiger partial charge in [0.25, 0.3) is 0 Å². The highest BCUT2D eigenvalue weighted by Crippen LogP contribution is 2.27. The fourth-order valence-electron chi connectivity index (χ4n) is 1.97. The molecule has 0 saturated heterocycles. The van der Waals surface area contributed by atoms with Gasteiger partial charge in [0, 0.05) is 4.88 Å². The SMILES string of the molecule is CCCC(Nc1cc(C(=O)O)c(N)cn1)c1cccs1. The van der Waals surface area contributed by atoms with Gasteiger partial charge in [-0.3, -0.25) is 0 Å². The summed E-state index contributed by atoms with van der Waals surface area (Å²) in [7, 11) is 0. The standard InChI is InChI=1S/C14H17N3O2S/c1-2-4-11(12-5-3-6-20-12)17-13-7-9(14(18)19)10(15)8-16-13/h3,5-8,11H,2,4,15H2,1H3,(H,16,17)(H,18,19). The summed E-state index contributed by atoms with van der Waals surface area (Å²) in [6, 6.07) is 5.68. The minimum Gasteiger partial charge on any atom is -0.478 e. The first-order valence-corrected chi connectivity index (χ1v) is 7.28. The highest BCUT2D eigenvalue weighted by Gasteiger charge is 2.14. The van der Waals surface area contributed by atoms with Gasteiger partial charge in [-0.25, -0.2) is 9.78 Å². The Bertz CT molecular complexity index is 584. The highest BCUT2D eigenvalue weighted by molar-refractivity contribution is 7.10. The first kappa shape index (κ1) is 14.3. The number of thiophene rings is 1. The first-order valence-electron chi connectivity index (χ1n) is 6.40. The van der Waals surface area contributed by atoms with Crippen molar-refractivity contribution in [3.63, 3.8) is 0 Å². The van der Waals surface area contributed by atoms with Crippen molar-refractivity contribution in [2.75, 3.05) is 11.1 Å². The van der Waals surface area contributed by atoms with Crippen LogP contribution in [0.1, 0.15) is 41.0 Å². The van der Waals surface area contributed by atoms with Crippen molar-refractivity contribution in [3.8, 4) is 0 Å². The van der Waals surface area contributed by atoms with Gasteiger partial charge in [0.1, 0.15) is 5.82 Å². The molecule has 4 N–H and O–H groups in total. The molecule has 2 aromatic heterocycles. The second-order valence-corrected chi connectivity index (χ2v) is 5.44. The van der Waals surface area contributed by atoms with Crippen molar-refractivity contribution in [1.82, 2.24) is 4.98 Å². The highest BCUT2D eigenvalue weighted by atomic mass is 32.1. The Labute approximate surface area is 121 Å². The zero-order chi connectivity index (χ0) is 14.5. The summed E-state index contributed by atoms with van der Waals surface area (Å²) >= 11 is 1.67. The maximum atomic E-state index is 11.1. The Kier molecular flexibility index (Phi) is 4.57. The predicted octanol–water partition coefficient (Wildman–Crippen LogP) is 3.38. The van der Waals surface area contributed by atoms with Crippen LogP contribution in [0, 0.1) is 0 Å². The monoisotopic (exact) mass is 291 g/mol. The number of hydrogen-bond donors (Lipinski definition) is 3. The molecule has 0 aliphatic heterocycles. The number of rotatable bonds is 6. The molecule has 2 heterocycles. The van der Waals surface area contributed by atoms with Gasteiger partial charge in [-0.05, 0) is 23.9 Å². The molecule has 0 radical (unpaired) electrons. The number of nitrogen functional groups attached to an aromatic ring is 1. The van der Waals surface area contributed by atoms with Gasteiger partial charge in [0.2, 0.25) is 0 Å². The normalized spacial score (nSPS) is 12.1. The summed E-state index contributed by atoms with van der Waals surface area (Å²) in [4.78, 5) is 16.4. The summed E-state index contributed by atoms with van der Waals surface area (Å²) in [5.74, 6) is -0.514. The van der Waals surface area contributed by atoms with Crippen LogP contribution in [0.15, 0.2) is 29.8 Å². The topological polar surface area (TPSA) is 88.2 Å². The molecule has 2 aromatic rings. The zero-order valence-electron chi connectivity index (χ0n) is 11.2. The summed E-state index contributed by atoms with van der Waals surface area (Å²) in [5.41, 5.74) is 5.85. The molecule has 2 rings (SSSR count). The van der Waals surface area contributed by atoms with Crippen LogP contribution in [0.2, 0.25) is 0 Å². The first-order chi connectivity index (χ1) is 9.61. The van der Waals surface area contributed by atoms with E-state index < -0.39 is 5.97 Å². The lowest BCUT2D eigenvalue weighted by molar-refractivity contribution is 0.0698. The number of pyridine rings is 1. The molecule has 106 valence electrons. The second-order valence-electron chi connectivity index (χ2n) is 4.46. The number of carboxylic acid groups (broad SMARTS) is 1. The van der Waals surface area contributed by atoms with Crippen LogP contribution in [0.3, 0.4) is 0 Å². The Balaban J connectivity index is 2.23. The molecule has 0 bridgehead atoms. The summed E-state index contributed by atoms with van der Waals surface area (Å²) < 4.78 is 0. The number of nitrogens with one attached hydrogen (secondary N) is 1.